The summed E-state index contributed by atoms with van der Waals surface area (Å²) in [5.41, 5.74) is 0.703. The number of carbonyl (C=O) groups is 1. The maximum atomic E-state index is 11.0. The van der Waals surface area contributed by atoms with E-state index in [-0.39, 0.29) is 5.75 Å². The van der Waals surface area contributed by atoms with Crippen molar-refractivity contribution >= 4 is 5.97 Å². The summed E-state index contributed by atoms with van der Waals surface area (Å²) < 4.78 is 0. The van der Waals surface area contributed by atoms with Crippen LogP contribution in [0.25, 0.3) is 0 Å². The van der Waals surface area contributed by atoms with E-state index in [4.69, 9.17) is 10.2 Å². The minimum Gasteiger partial charge on any atom is -0.508 e. The first-order chi connectivity index (χ1) is 7.00. The van der Waals surface area contributed by atoms with Gasteiger partial charge < -0.3 is 15.1 Å². The second-order valence-electron chi connectivity index (χ2n) is 3.74. The molecule has 0 fully saturated rings. The van der Waals surface area contributed by atoms with Crippen molar-refractivity contribution < 1.29 is 15.0 Å². The lowest BCUT2D eigenvalue weighted by atomic mass is 9.99. The zero-order valence-electron chi connectivity index (χ0n) is 8.84. The highest BCUT2D eigenvalue weighted by Crippen LogP contribution is 2.19. The van der Waals surface area contributed by atoms with Gasteiger partial charge in [0.1, 0.15) is 5.75 Å². The van der Waals surface area contributed by atoms with Crippen molar-refractivity contribution in [2.24, 2.45) is 0 Å². The van der Waals surface area contributed by atoms with Crippen molar-refractivity contribution in [2.45, 2.75) is 5.92 Å². The van der Waals surface area contributed by atoms with Gasteiger partial charge in [0.25, 0.3) is 0 Å². The van der Waals surface area contributed by atoms with Gasteiger partial charge in [0.05, 0.1) is 5.92 Å². The summed E-state index contributed by atoms with van der Waals surface area (Å²) in [5.74, 6) is -1.26. The van der Waals surface area contributed by atoms with Crippen LogP contribution in [0.3, 0.4) is 0 Å². The molecule has 0 aliphatic rings. The molecule has 1 atom stereocenters. The van der Waals surface area contributed by atoms with Crippen LogP contribution < -0.4 is 0 Å². The molecule has 0 aromatic heterocycles. The number of benzene rings is 1. The highest BCUT2D eigenvalue weighted by atomic mass is 16.4. The number of rotatable bonds is 4. The van der Waals surface area contributed by atoms with Gasteiger partial charge in [-0.2, -0.15) is 0 Å². The van der Waals surface area contributed by atoms with Crippen LogP contribution in [0.1, 0.15) is 11.5 Å². The van der Waals surface area contributed by atoms with Crippen LogP contribution in [-0.4, -0.2) is 41.7 Å². The largest absolute Gasteiger partial charge is 0.508 e. The number of phenolic OH excluding ortho intramolecular Hbond substituents is 1. The Balaban J connectivity index is 2.89. The van der Waals surface area contributed by atoms with Gasteiger partial charge in [-0.3, -0.25) is 4.79 Å². The number of carboxylic acid groups (broad SMARTS) is 1. The molecule has 0 saturated carbocycles. The van der Waals surface area contributed by atoms with Gasteiger partial charge >= 0.3 is 5.97 Å². The number of carboxylic acids is 1. The van der Waals surface area contributed by atoms with Crippen molar-refractivity contribution in [1.82, 2.24) is 4.90 Å². The predicted molar refractivity (Wildman–Crippen MR) is 57.0 cm³/mol. The van der Waals surface area contributed by atoms with Crippen LogP contribution in [-0.2, 0) is 4.79 Å². The Hall–Kier alpha value is -1.55. The molecule has 1 rings (SSSR count). The molecule has 4 heteroatoms. The molecule has 1 aromatic rings. The van der Waals surface area contributed by atoms with E-state index in [1.54, 1.807) is 12.1 Å². The number of aromatic hydroxyl groups is 1. The summed E-state index contributed by atoms with van der Waals surface area (Å²) in [6.45, 7) is 0.445. The molecule has 0 bridgehead atoms. The third-order valence-electron chi connectivity index (χ3n) is 2.14. The molecule has 82 valence electrons. The molecule has 0 amide bonds. The van der Waals surface area contributed by atoms with E-state index < -0.39 is 11.9 Å². The summed E-state index contributed by atoms with van der Waals surface area (Å²) in [6, 6.07) is 6.27. The Morgan fingerprint density at radius 3 is 2.27 bits per heavy atom. The molecule has 0 heterocycles. The summed E-state index contributed by atoms with van der Waals surface area (Å²) in [6.07, 6.45) is 0. The Morgan fingerprint density at radius 1 is 1.33 bits per heavy atom. The topological polar surface area (TPSA) is 60.8 Å². The van der Waals surface area contributed by atoms with E-state index in [1.165, 1.54) is 12.1 Å². The molecule has 4 nitrogen and oxygen atoms in total. The highest BCUT2D eigenvalue weighted by molar-refractivity contribution is 5.76. The molecule has 2 N–H and O–H groups in total. The van der Waals surface area contributed by atoms with Crippen LogP contribution in [0.4, 0.5) is 0 Å². The Kier molecular flexibility index (Phi) is 3.68. The fourth-order valence-electron chi connectivity index (χ4n) is 1.40. The first-order valence-corrected chi connectivity index (χ1v) is 4.67. The van der Waals surface area contributed by atoms with Gasteiger partial charge in [-0.05, 0) is 31.8 Å². The predicted octanol–water partition coefficient (Wildman–Crippen LogP) is 1.12. The van der Waals surface area contributed by atoms with E-state index >= 15 is 0 Å². The number of hydrogen-bond acceptors (Lipinski definition) is 3. The molecule has 0 saturated heterocycles. The highest BCUT2D eigenvalue weighted by Gasteiger charge is 2.20. The van der Waals surface area contributed by atoms with Crippen molar-refractivity contribution in [2.75, 3.05) is 20.6 Å². The van der Waals surface area contributed by atoms with Crippen LogP contribution in [0, 0.1) is 0 Å². The first-order valence-electron chi connectivity index (χ1n) is 4.67. The minimum absolute atomic E-state index is 0.146. The SMILES string of the molecule is CN(C)CC(C(=O)O)c1ccc(O)cc1. The standard InChI is InChI=1S/C11H15NO3/c1-12(2)7-10(11(14)15)8-3-5-9(13)6-4-8/h3-6,10,13H,7H2,1-2H3,(H,14,15). The first kappa shape index (κ1) is 11.5. The minimum atomic E-state index is -0.852. The number of nitrogens with zero attached hydrogens (tertiary/aromatic N) is 1. The van der Waals surface area contributed by atoms with Crippen LogP contribution in [0.5, 0.6) is 5.75 Å². The van der Waals surface area contributed by atoms with E-state index in [2.05, 4.69) is 0 Å². The monoisotopic (exact) mass is 209 g/mol. The lowest BCUT2D eigenvalue weighted by molar-refractivity contribution is -0.139. The van der Waals surface area contributed by atoms with Crippen LogP contribution in [0.15, 0.2) is 24.3 Å². The smallest absolute Gasteiger partial charge is 0.312 e. The quantitative estimate of drug-likeness (QED) is 0.780. The molecule has 0 spiro atoms. The lowest BCUT2D eigenvalue weighted by Gasteiger charge is -2.17. The van der Waals surface area contributed by atoms with Gasteiger partial charge in [-0.15, -0.1) is 0 Å². The summed E-state index contributed by atoms with van der Waals surface area (Å²) >= 11 is 0. The average molecular weight is 209 g/mol. The Morgan fingerprint density at radius 2 is 1.87 bits per heavy atom. The Labute approximate surface area is 88.8 Å². The maximum absolute atomic E-state index is 11.0. The summed E-state index contributed by atoms with van der Waals surface area (Å²) in [4.78, 5) is 12.9. The van der Waals surface area contributed by atoms with Gasteiger partial charge in [0, 0.05) is 6.54 Å². The van der Waals surface area contributed by atoms with E-state index in [1.807, 2.05) is 19.0 Å². The molecule has 0 aliphatic carbocycles. The number of likely N-dealkylation sites (N-methyl/N-ethyl adjacent to an activating group) is 1. The molecule has 0 radical (unpaired) electrons. The van der Waals surface area contributed by atoms with Gasteiger partial charge in [0.2, 0.25) is 0 Å². The number of aliphatic carboxylic acids is 1. The molecule has 1 aromatic carbocycles. The molecule has 15 heavy (non-hydrogen) atoms. The second-order valence-corrected chi connectivity index (χ2v) is 3.74. The normalized spacial score (nSPS) is 12.7. The van der Waals surface area contributed by atoms with Crippen molar-refractivity contribution in [3.8, 4) is 5.75 Å². The van der Waals surface area contributed by atoms with Crippen LogP contribution >= 0.6 is 0 Å². The second kappa shape index (κ2) is 4.79. The number of hydrogen-bond donors (Lipinski definition) is 2. The third-order valence-corrected chi connectivity index (χ3v) is 2.14. The number of phenols is 1. The lowest BCUT2D eigenvalue weighted by Crippen LogP contribution is -2.25. The summed E-state index contributed by atoms with van der Waals surface area (Å²) in [5, 5.41) is 18.2. The summed E-state index contributed by atoms with van der Waals surface area (Å²) in [7, 11) is 3.66. The van der Waals surface area contributed by atoms with Crippen molar-refractivity contribution in [1.29, 1.82) is 0 Å². The zero-order chi connectivity index (χ0) is 11.4. The van der Waals surface area contributed by atoms with Crippen molar-refractivity contribution in [3.05, 3.63) is 29.8 Å². The zero-order valence-corrected chi connectivity index (χ0v) is 8.84. The molecular formula is C11H15NO3. The van der Waals surface area contributed by atoms with Gasteiger partial charge in [-0.25, -0.2) is 0 Å². The third kappa shape index (κ3) is 3.25. The van der Waals surface area contributed by atoms with E-state index in [0.29, 0.717) is 12.1 Å². The molecule has 0 aliphatic heterocycles. The van der Waals surface area contributed by atoms with Gasteiger partial charge in [0.15, 0.2) is 0 Å². The maximum Gasteiger partial charge on any atom is 0.312 e. The fraction of sp³-hybridized carbons (Fsp3) is 0.364. The fourth-order valence-corrected chi connectivity index (χ4v) is 1.40. The molecular weight excluding hydrogens is 194 g/mol. The van der Waals surface area contributed by atoms with E-state index in [9.17, 15) is 4.79 Å². The van der Waals surface area contributed by atoms with Gasteiger partial charge in [-0.1, -0.05) is 12.1 Å². The van der Waals surface area contributed by atoms with Crippen LogP contribution in [0.2, 0.25) is 0 Å². The Bertz CT molecular complexity index is 332. The van der Waals surface area contributed by atoms with Crippen molar-refractivity contribution in [3.63, 3.8) is 0 Å². The average Bonchev–Trinajstić information content (AvgIpc) is 2.15. The molecule has 1 unspecified atom stereocenters. The van der Waals surface area contributed by atoms with E-state index in [0.717, 1.165) is 0 Å².